The Kier molecular flexibility index (Phi) is 7.72. The minimum atomic E-state index is -3.26. The summed E-state index contributed by atoms with van der Waals surface area (Å²) in [7, 11) is -3.26. The first-order valence-electron chi connectivity index (χ1n) is 9.66. The van der Waals surface area contributed by atoms with Crippen LogP contribution in [0.1, 0.15) is 31.5 Å². The molecular weight excluding hydrogens is 456 g/mol. The third-order valence-electron chi connectivity index (χ3n) is 4.34. The number of rotatable bonds is 11. The van der Waals surface area contributed by atoms with Gasteiger partial charge in [-0.2, -0.15) is 5.10 Å². The van der Waals surface area contributed by atoms with Gasteiger partial charge < -0.3 is 10.1 Å². The maximum atomic E-state index is 12.2. The number of nitrogens with zero attached hydrogens (tertiary/aromatic N) is 1. The van der Waals surface area contributed by atoms with Crippen LogP contribution in [0.25, 0.3) is 10.9 Å². The fraction of sp³-hybridized carbons (Fsp3) is 0.300. The van der Waals surface area contributed by atoms with Gasteiger partial charge in [0.15, 0.2) is 12.3 Å². The van der Waals surface area contributed by atoms with Gasteiger partial charge in [-0.15, -0.1) is 11.3 Å². The number of aromatic amines is 1. The van der Waals surface area contributed by atoms with E-state index in [0.717, 1.165) is 16.6 Å². The second-order valence-corrected chi connectivity index (χ2v) is 9.89. The Labute approximate surface area is 188 Å². The van der Waals surface area contributed by atoms with Gasteiger partial charge in [0.05, 0.1) is 23.1 Å². The van der Waals surface area contributed by atoms with Gasteiger partial charge in [-0.25, -0.2) is 13.1 Å². The predicted octanol–water partition coefficient (Wildman–Crippen LogP) is 1.26. The summed E-state index contributed by atoms with van der Waals surface area (Å²) in [4.78, 5) is 37.6. The number of ether oxygens (including phenoxy) is 1. The number of hydrogen-bond acceptors (Lipinski definition) is 8. The van der Waals surface area contributed by atoms with E-state index < -0.39 is 28.5 Å². The Morgan fingerprint density at radius 2 is 1.91 bits per heavy atom. The summed E-state index contributed by atoms with van der Waals surface area (Å²) in [5.74, 6) is -1.37. The van der Waals surface area contributed by atoms with Crippen LogP contribution in [0.15, 0.2) is 36.4 Å². The molecule has 12 heteroatoms. The molecule has 0 unspecified atom stereocenters. The maximum Gasteiger partial charge on any atom is 0.308 e. The van der Waals surface area contributed by atoms with Gasteiger partial charge in [-0.1, -0.05) is 18.2 Å². The van der Waals surface area contributed by atoms with Gasteiger partial charge in [0, 0.05) is 23.4 Å². The van der Waals surface area contributed by atoms with E-state index in [9.17, 15) is 22.8 Å². The first-order valence-corrected chi connectivity index (χ1v) is 12.4. The van der Waals surface area contributed by atoms with E-state index in [4.69, 9.17) is 4.74 Å². The molecule has 3 rings (SSSR count). The average Bonchev–Trinajstić information content (AvgIpc) is 3.38. The molecule has 0 radical (unpaired) electrons. The number of para-hydroxylation sites is 1. The topological polar surface area (TPSA) is 147 Å². The average molecular weight is 479 g/mol. The highest BCUT2D eigenvalue weighted by atomic mass is 32.2. The molecule has 3 aromatic rings. The van der Waals surface area contributed by atoms with Crippen LogP contribution in [0.4, 0.5) is 0 Å². The number of carbonyl (C=O) groups is 3. The maximum absolute atomic E-state index is 12.2. The highest BCUT2D eigenvalue weighted by molar-refractivity contribution is 7.88. The molecule has 0 saturated carbocycles. The number of nitrogens with one attached hydrogen (secondary N) is 3. The van der Waals surface area contributed by atoms with Crippen molar-refractivity contribution in [3.63, 3.8) is 0 Å². The lowest BCUT2D eigenvalue weighted by atomic mass is 10.2. The third kappa shape index (κ3) is 6.70. The van der Waals surface area contributed by atoms with Crippen molar-refractivity contribution in [2.75, 3.05) is 26.0 Å². The van der Waals surface area contributed by atoms with Gasteiger partial charge in [0.1, 0.15) is 0 Å². The van der Waals surface area contributed by atoms with Crippen molar-refractivity contribution in [1.29, 1.82) is 0 Å². The fourth-order valence-corrected chi connectivity index (χ4v) is 4.21. The number of H-pyrrole nitrogens is 1. The van der Waals surface area contributed by atoms with Crippen LogP contribution in [0, 0.1) is 0 Å². The first kappa shape index (κ1) is 23.6. The first-order chi connectivity index (χ1) is 15.2. The molecule has 2 heterocycles. The normalized spacial score (nSPS) is 11.4. The van der Waals surface area contributed by atoms with Crippen molar-refractivity contribution in [3.05, 3.63) is 51.8 Å². The SMILES string of the molecule is CS(=O)(=O)NCCc1ccc(C(=O)COC(=O)CCNC(=O)c2n[nH]c3ccccc23)s1. The molecule has 0 aliphatic carbocycles. The van der Waals surface area contributed by atoms with Crippen molar-refractivity contribution >= 4 is 49.9 Å². The summed E-state index contributed by atoms with van der Waals surface area (Å²) < 4.78 is 29.5. The summed E-state index contributed by atoms with van der Waals surface area (Å²) in [6.07, 6.45) is 1.44. The van der Waals surface area contributed by atoms with Crippen LogP contribution in [0.3, 0.4) is 0 Å². The molecule has 170 valence electrons. The zero-order valence-electron chi connectivity index (χ0n) is 17.2. The van der Waals surface area contributed by atoms with Crippen molar-refractivity contribution in [2.45, 2.75) is 12.8 Å². The van der Waals surface area contributed by atoms with Crippen molar-refractivity contribution in [3.8, 4) is 0 Å². The molecule has 0 fully saturated rings. The van der Waals surface area contributed by atoms with Crippen LogP contribution < -0.4 is 10.0 Å². The highest BCUT2D eigenvalue weighted by Gasteiger charge is 2.15. The number of Topliss-reactive ketones (excluding diaryl/α,β-unsaturated/α-hetero) is 1. The van der Waals surface area contributed by atoms with Crippen LogP contribution in [0.2, 0.25) is 0 Å². The summed E-state index contributed by atoms with van der Waals surface area (Å²) in [5, 5.41) is 10.0. The Balaban J connectivity index is 1.38. The number of esters is 1. The van der Waals surface area contributed by atoms with Gasteiger partial charge in [0.25, 0.3) is 5.91 Å². The second-order valence-electron chi connectivity index (χ2n) is 6.89. The molecule has 0 atom stereocenters. The molecule has 0 spiro atoms. The number of thiophene rings is 1. The minimum Gasteiger partial charge on any atom is -0.457 e. The van der Waals surface area contributed by atoms with E-state index in [1.54, 1.807) is 30.3 Å². The highest BCUT2D eigenvalue weighted by Crippen LogP contribution is 2.18. The number of carbonyl (C=O) groups excluding carboxylic acids is 3. The Morgan fingerprint density at radius 3 is 2.69 bits per heavy atom. The Hall–Kier alpha value is -3.09. The minimum absolute atomic E-state index is 0.0452. The summed E-state index contributed by atoms with van der Waals surface area (Å²) >= 11 is 1.22. The van der Waals surface area contributed by atoms with Crippen LogP contribution in [-0.4, -0.2) is 62.2 Å². The fourth-order valence-electron chi connectivity index (χ4n) is 2.81. The van der Waals surface area contributed by atoms with Gasteiger partial charge in [-0.3, -0.25) is 19.5 Å². The lowest BCUT2D eigenvalue weighted by Gasteiger charge is -2.05. The molecule has 1 aromatic carbocycles. The molecule has 1 amide bonds. The molecule has 10 nitrogen and oxygen atoms in total. The third-order valence-corrected chi connectivity index (χ3v) is 6.25. The van der Waals surface area contributed by atoms with Crippen LogP contribution in [-0.2, 0) is 26.0 Å². The monoisotopic (exact) mass is 478 g/mol. The summed E-state index contributed by atoms with van der Waals surface area (Å²) in [6, 6.07) is 10.5. The molecule has 0 aliphatic rings. The Morgan fingerprint density at radius 1 is 1.12 bits per heavy atom. The van der Waals surface area contributed by atoms with E-state index in [1.165, 1.54) is 11.3 Å². The predicted molar refractivity (Wildman–Crippen MR) is 119 cm³/mol. The molecule has 0 saturated heterocycles. The molecule has 0 bridgehead atoms. The lowest BCUT2D eigenvalue weighted by Crippen LogP contribution is -2.27. The van der Waals surface area contributed by atoms with E-state index in [1.807, 2.05) is 6.07 Å². The van der Waals surface area contributed by atoms with Crippen LogP contribution in [0.5, 0.6) is 0 Å². The second kappa shape index (κ2) is 10.5. The van der Waals surface area contributed by atoms with E-state index in [0.29, 0.717) is 16.7 Å². The number of fused-ring (bicyclic) bond motifs is 1. The molecule has 2 aromatic heterocycles. The summed E-state index contributed by atoms with van der Waals surface area (Å²) in [6.45, 7) is -0.121. The number of hydrogen-bond donors (Lipinski definition) is 3. The quantitative estimate of drug-likeness (QED) is 0.278. The van der Waals surface area contributed by atoms with Gasteiger partial charge in [0.2, 0.25) is 15.8 Å². The number of benzene rings is 1. The summed E-state index contributed by atoms with van der Waals surface area (Å²) in [5.41, 5.74) is 0.975. The number of aromatic nitrogens is 2. The number of sulfonamides is 1. The number of ketones is 1. The van der Waals surface area contributed by atoms with E-state index >= 15 is 0 Å². The van der Waals surface area contributed by atoms with Gasteiger partial charge >= 0.3 is 5.97 Å². The van der Waals surface area contributed by atoms with E-state index in [2.05, 4.69) is 20.2 Å². The smallest absolute Gasteiger partial charge is 0.308 e. The lowest BCUT2D eigenvalue weighted by molar-refractivity contribution is -0.142. The largest absolute Gasteiger partial charge is 0.457 e. The zero-order valence-corrected chi connectivity index (χ0v) is 18.8. The van der Waals surface area contributed by atoms with Crippen molar-refractivity contribution in [1.82, 2.24) is 20.2 Å². The van der Waals surface area contributed by atoms with Crippen molar-refractivity contribution in [2.24, 2.45) is 0 Å². The van der Waals surface area contributed by atoms with Gasteiger partial charge in [-0.05, 0) is 24.6 Å². The molecular formula is C20H22N4O6S2. The Bertz CT molecular complexity index is 1230. The molecule has 0 aliphatic heterocycles. The molecule has 3 N–H and O–H groups in total. The van der Waals surface area contributed by atoms with Crippen LogP contribution >= 0.6 is 11.3 Å². The molecule has 32 heavy (non-hydrogen) atoms. The number of amides is 1. The standard InChI is InChI=1S/C20H22N4O6S2/c1-32(28,29)22-11-8-13-6-7-17(31-13)16(25)12-30-18(26)9-10-21-20(27)19-14-4-2-3-5-15(14)23-24-19/h2-7,22H,8-12H2,1H3,(H,21,27)(H,23,24). The van der Waals surface area contributed by atoms with Crippen molar-refractivity contribution < 1.29 is 27.5 Å². The van der Waals surface area contributed by atoms with E-state index in [-0.39, 0.29) is 31.0 Å². The zero-order chi connectivity index (χ0) is 23.1.